The van der Waals surface area contributed by atoms with Crippen LogP contribution in [-0.4, -0.2) is 48.8 Å². The highest BCUT2D eigenvalue weighted by Crippen LogP contribution is 2.43. The van der Waals surface area contributed by atoms with Crippen LogP contribution in [-0.2, 0) is 22.7 Å². The second-order valence-corrected chi connectivity index (χ2v) is 13.4. The van der Waals surface area contributed by atoms with E-state index in [1.54, 1.807) is 26.4 Å². The molecular weight excluding hydrogens is 663 g/mol. The molecule has 0 unspecified atom stereocenters. The molecule has 11 heteroatoms. The highest BCUT2D eigenvalue weighted by molar-refractivity contribution is 6.38. The SMILES string of the molecule is COc1nc(Oc2cccc(-c3cccc(-c4ccc(CNC[C@@H]5CCC(=O)C5)c(OC)n4)c3Cl)c2Cl)ccc1CNC[C@@H]1CCC(=O)C1. The number of ketones is 2. The molecule has 0 amide bonds. The number of Topliss-reactive ketones (excluding diaryl/α,β-unsaturated/α-hetero) is 2. The van der Waals surface area contributed by atoms with Crippen molar-refractivity contribution in [1.82, 2.24) is 20.6 Å². The highest BCUT2D eigenvalue weighted by Gasteiger charge is 2.23. The molecule has 9 nitrogen and oxygen atoms in total. The van der Waals surface area contributed by atoms with Gasteiger partial charge in [-0.1, -0.05) is 59.6 Å². The third-order valence-corrected chi connectivity index (χ3v) is 9.97. The van der Waals surface area contributed by atoms with Crippen LogP contribution in [0.15, 0.2) is 60.7 Å². The Morgan fingerprint density at radius 1 is 0.694 bits per heavy atom. The zero-order valence-electron chi connectivity index (χ0n) is 27.7. The lowest BCUT2D eigenvalue weighted by atomic mass is 10.0. The normalized spacial score (nSPS) is 17.5. The molecule has 2 aliphatic rings. The predicted molar refractivity (Wildman–Crippen MR) is 191 cm³/mol. The zero-order valence-corrected chi connectivity index (χ0v) is 29.2. The molecule has 2 aromatic heterocycles. The Balaban J connectivity index is 1.16. The number of carbonyl (C=O) groups excluding carboxylic acids is 2. The first kappa shape index (κ1) is 34.8. The van der Waals surface area contributed by atoms with Crippen molar-refractivity contribution < 1.29 is 23.8 Å². The summed E-state index contributed by atoms with van der Waals surface area (Å²) < 4.78 is 17.4. The summed E-state index contributed by atoms with van der Waals surface area (Å²) in [6.07, 6.45) is 4.53. The van der Waals surface area contributed by atoms with E-state index < -0.39 is 0 Å². The Bertz CT molecular complexity index is 1830. The lowest BCUT2D eigenvalue weighted by molar-refractivity contribution is -0.118. The van der Waals surface area contributed by atoms with E-state index in [0.717, 1.165) is 48.2 Å². The minimum Gasteiger partial charge on any atom is -0.481 e. The van der Waals surface area contributed by atoms with Crippen molar-refractivity contribution in [1.29, 1.82) is 0 Å². The standard InChI is InChI=1S/C38H40Cl2N4O5/c1-47-37-25(21-41-19-23-9-13-27(45)17-23)11-15-32(43-37)31-7-3-5-29(35(31)39)30-6-4-8-33(36(30)40)49-34-16-12-26(38(44-34)48-2)22-42-20-24-10-14-28(46)18-24/h3-8,11-12,15-16,23-24,41-42H,9-10,13-14,17-22H2,1-2H3/t23-,24-/m1/s1. The van der Waals surface area contributed by atoms with Crippen molar-refractivity contribution in [2.24, 2.45) is 11.8 Å². The molecule has 2 heterocycles. The monoisotopic (exact) mass is 702 g/mol. The number of carbonyl (C=O) groups is 2. The molecule has 2 aromatic carbocycles. The van der Waals surface area contributed by atoms with Crippen LogP contribution in [0.2, 0.25) is 10.0 Å². The van der Waals surface area contributed by atoms with Crippen molar-refractivity contribution >= 4 is 34.8 Å². The van der Waals surface area contributed by atoms with Crippen molar-refractivity contribution in [2.45, 2.75) is 51.6 Å². The average molecular weight is 704 g/mol. The van der Waals surface area contributed by atoms with Gasteiger partial charge in [-0.2, -0.15) is 4.98 Å². The number of hydrogen-bond donors (Lipinski definition) is 2. The predicted octanol–water partition coefficient (Wildman–Crippen LogP) is 7.84. The number of pyridine rings is 2. The van der Waals surface area contributed by atoms with Gasteiger partial charge in [-0.15, -0.1) is 0 Å². The van der Waals surface area contributed by atoms with E-state index in [1.807, 2.05) is 48.5 Å². The second kappa shape index (κ2) is 16.1. The first-order valence-electron chi connectivity index (χ1n) is 16.6. The molecule has 0 radical (unpaired) electrons. The number of aromatic nitrogens is 2. The number of rotatable bonds is 14. The molecule has 2 saturated carbocycles. The largest absolute Gasteiger partial charge is 0.481 e. The van der Waals surface area contributed by atoms with Crippen molar-refractivity contribution in [2.75, 3.05) is 27.3 Å². The number of ether oxygens (including phenoxy) is 3. The number of nitrogens with one attached hydrogen (secondary N) is 2. The number of halogens is 2. The van der Waals surface area contributed by atoms with E-state index >= 15 is 0 Å². The first-order valence-corrected chi connectivity index (χ1v) is 17.4. The summed E-state index contributed by atoms with van der Waals surface area (Å²) >= 11 is 14.0. The number of nitrogens with zero attached hydrogens (tertiary/aromatic N) is 2. The van der Waals surface area contributed by atoms with Crippen LogP contribution in [0.4, 0.5) is 0 Å². The maximum Gasteiger partial charge on any atom is 0.222 e. The van der Waals surface area contributed by atoms with Gasteiger partial charge in [-0.25, -0.2) is 4.98 Å². The number of hydrogen-bond acceptors (Lipinski definition) is 9. The summed E-state index contributed by atoms with van der Waals surface area (Å²) in [5.41, 5.74) is 4.63. The zero-order chi connectivity index (χ0) is 34.3. The molecule has 0 bridgehead atoms. The summed E-state index contributed by atoms with van der Waals surface area (Å²) in [5.74, 6) is 3.17. The van der Waals surface area contributed by atoms with Crippen LogP contribution >= 0.6 is 23.2 Å². The Morgan fingerprint density at radius 3 is 1.84 bits per heavy atom. The smallest absolute Gasteiger partial charge is 0.222 e. The molecule has 2 aliphatic carbocycles. The van der Waals surface area contributed by atoms with E-state index in [-0.39, 0.29) is 0 Å². The Morgan fingerprint density at radius 2 is 1.24 bits per heavy atom. The molecule has 2 fully saturated rings. The maximum absolute atomic E-state index is 11.6. The van der Waals surface area contributed by atoms with Gasteiger partial charge in [0.15, 0.2) is 0 Å². The number of methoxy groups -OCH3 is 2. The minimum absolute atomic E-state index is 0.337. The van der Waals surface area contributed by atoms with Crippen LogP contribution < -0.4 is 24.8 Å². The van der Waals surface area contributed by atoms with Crippen LogP contribution in [0.5, 0.6) is 23.4 Å². The minimum atomic E-state index is 0.337. The van der Waals surface area contributed by atoms with Gasteiger partial charge in [0.25, 0.3) is 0 Å². The summed E-state index contributed by atoms with van der Waals surface area (Å²) in [4.78, 5) is 32.5. The van der Waals surface area contributed by atoms with Crippen molar-refractivity contribution in [3.63, 3.8) is 0 Å². The van der Waals surface area contributed by atoms with E-state index in [1.165, 1.54) is 0 Å². The first-order chi connectivity index (χ1) is 23.8. The quantitative estimate of drug-likeness (QED) is 0.136. The lowest BCUT2D eigenvalue weighted by Crippen LogP contribution is -2.21. The van der Waals surface area contributed by atoms with Gasteiger partial charge in [0.05, 0.1) is 30.0 Å². The third-order valence-electron chi connectivity index (χ3n) is 9.17. The van der Waals surface area contributed by atoms with Gasteiger partial charge in [0.2, 0.25) is 17.6 Å². The maximum atomic E-state index is 11.6. The van der Waals surface area contributed by atoms with Gasteiger partial charge in [0, 0.05) is 72.7 Å². The fourth-order valence-electron chi connectivity index (χ4n) is 6.55. The summed E-state index contributed by atoms with van der Waals surface area (Å²) in [7, 11) is 3.18. The van der Waals surface area contributed by atoms with Gasteiger partial charge in [-0.3, -0.25) is 9.59 Å². The van der Waals surface area contributed by atoms with Crippen LogP contribution in [0.3, 0.4) is 0 Å². The topological polar surface area (TPSA) is 112 Å². The average Bonchev–Trinajstić information content (AvgIpc) is 3.73. The number of benzene rings is 2. The molecule has 4 aromatic rings. The summed E-state index contributed by atoms with van der Waals surface area (Å²) in [6.45, 7) is 2.71. The Kier molecular flexibility index (Phi) is 11.5. The van der Waals surface area contributed by atoms with E-state index in [4.69, 9.17) is 42.4 Å². The molecule has 49 heavy (non-hydrogen) atoms. The van der Waals surface area contributed by atoms with Gasteiger partial charge in [0.1, 0.15) is 17.3 Å². The molecule has 0 aliphatic heterocycles. The van der Waals surface area contributed by atoms with Crippen molar-refractivity contribution in [3.8, 4) is 45.8 Å². The summed E-state index contributed by atoms with van der Waals surface area (Å²) in [5, 5.41) is 7.75. The summed E-state index contributed by atoms with van der Waals surface area (Å²) in [6, 6.07) is 18.9. The van der Waals surface area contributed by atoms with Crippen LogP contribution in [0, 0.1) is 11.8 Å². The molecule has 2 N–H and O–H groups in total. The Hall–Kier alpha value is -4.02. The van der Waals surface area contributed by atoms with E-state index in [9.17, 15) is 9.59 Å². The lowest BCUT2D eigenvalue weighted by Gasteiger charge is -2.16. The fraction of sp³-hybridized carbons (Fsp3) is 0.368. The van der Waals surface area contributed by atoms with Gasteiger partial charge >= 0.3 is 0 Å². The highest BCUT2D eigenvalue weighted by atomic mass is 35.5. The van der Waals surface area contributed by atoms with Crippen molar-refractivity contribution in [3.05, 3.63) is 81.8 Å². The van der Waals surface area contributed by atoms with E-state index in [0.29, 0.717) is 107 Å². The molecular formula is C38H40Cl2N4O5. The Labute approximate surface area is 296 Å². The van der Waals surface area contributed by atoms with Gasteiger partial charge < -0.3 is 24.8 Å². The third kappa shape index (κ3) is 8.41. The van der Waals surface area contributed by atoms with Crippen LogP contribution in [0.25, 0.3) is 22.4 Å². The van der Waals surface area contributed by atoms with Crippen LogP contribution in [0.1, 0.15) is 49.7 Å². The molecule has 256 valence electrons. The van der Waals surface area contributed by atoms with E-state index in [2.05, 4.69) is 15.6 Å². The second-order valence-electron chi connectivity index (χ2n) is 12.6. The molecule has 0 saturated heterocycles. The molecule has 6 rings (SSSR count). The fourth-order valence-corrected chi connectivity index (χ4v) is 7.14. The van der Waals surface area contributed by atoms with Gasteiger partial charge in [-0.05, 0) is 56.0 Å². The molecule has 2 atom stereocenters. The molecule has 0 spiro atoms.